The highest BCUT2D eigenvalue weighted by molar-refractivity contribution is 5.78. The van der Waals surface area contributed by atoms with E-state index in [9.17, 15) is 14.0 Å². The van der Waals surface area contributed by atoms with E-state index in [-0.39, 0.29) is 24.1 Å². The molecular formula is C17H26FN3O2. The highest BCUT2D eigenvalue weighted by atomic mass is 19.1. The molecule has 0 bridgehead atoms. The average Bonchev–Trinajstić information content (AvgIpc) is 2.49. The SMILES string of the molecule is CC(=O)N(CCC(=O)NCCCN(C)C)Cc1ccc(F)cc1. The Balaban J connectivity index is 2.37. The Morgan fingerprint density at radius 2 is 1.78 bits per heavy atom. The molecular weight excluding hydrogens is 297 g/mol. The van der Waals surface area contributed by atoms with Gasteiger partial charge in [0.2, 0.25) is 11.8 Å². The lowest BCUT2D eigenvalue weighted by atomic mass is 10.2. The van der Waals surface area contributed by atoms with Gasteiger partial charge in [-0.15, -0.1) is 0 Å². The molecule has 128 valence electrons. The molecule has 5 nitrogen and oxygen atoms in total. The number of hydrogen-bond donors (Lipinski definition) is 1. The fourth-order valence-corrected chi connectivity index (χ4v) is 2.11. The van der Waals surface area contributed by atoms with E-state index in [1.165, 1.54) is 19.1 Å². The van der Waals surface area contributed by atoms with Crippen molar-refractivity contribution in [2.24, 2.45) is 0 Å². The lowest BCUT2D eigenvalue weighted by Crippen LogP contribution is -2.34. The third-order valence-electron chi connectivity index (χ3n) is 3.45. The third kappa shape index (κ3) is 8.30. The molecule has 0 aliphatic heterocycles. The number of halogens is 1. The minimum absolute atomic E-state index is 0.0610. The minimum Gasteiger partial charge on any atom is -0.356 e. The maximum Gasteiger partial charge on any atom is 0.221 e. The molecule has 0 radical (unpaired) electrons. The number of benzene rings is 1. The van der Waals surface area contributed by atoms with Gasteiger partial charge in [0.25, 0.3) is 0 Å². The Morgan fingerprint density at radius 1 is 1.13 bits per heavy atom. The van der Waals surface area contributed by atoms with E-state index in [1.807, 2.05) is 14.1 Å². The third-order valence-corrected chi connectivity index (χ3v) is 3.45. The van der Waals surface area contributed by atoms with E-state index in [4.69, 9.17) is 0 Å². The van der Waals surface area contributed by atoms with Crippen LogP contribution in [0.3, 0.4) is 0 Å². The van der Waals surface area contributed by atoms with Crippen LogP contribution < -0.4 is 5.32 Å². The van der Waals surface area contributed by atoms with Crippen LogP contribution in [0.4, 0.5) is 4.39 Å². The van der Waals surface area contributed by atoms with Crippen LogP contribution in [-0.4, -0.2) is 55.3 Å². The zero-order valence-corrected chi connectivity index (χ0v) is 14.1. The molecule has 0 aliphatic carbocycles. The molecule has 0 saturated heterocycles. The van der Waals surface area contributed by atoms with Crippen LogP contribution in [0.1, 0.15) is 25.3 Å². The average molecular weight is 323 g/mol. The zero-order chi connectivity index (χ0) is 17.2. The summed E-state index contributed by atoms with van der Waals surface area (Å²) in [4.78, 5) is 27.1. The van der Waals surface area contributed by atoms with Gasteiger partial charge < -0.3 is 15.1 Å². The predicted octanol–water partition coefficient (Wildman–Crippen LogP) is 1.63. The summed E-state index contributed by atoms with van der Waals surface area (Å²) in [6.45, 7) is 3.76. The summed E-state index contributed by atoms with van der Waals surface area (Å²) in [6.07, 6.45) is 1.16. The Kier molecular flexibility index (Phi) is 8.26. The van der Waals surface area contributed by atoms with Gasteiger partial charge in [0.1, 0.15) is 5.82 Å². The number of carbonyl (C=O) groups excluding carboxylic acids is 2. The van der Waals surface area contributed by atoms with Gasteiger partial charge in [0.15, 0.2) is 0 Å². The highest BCUT2D eigenvalue weighted by Gasteiger charge is 2.11. The van der Waals surface area contributed by atoms with E-state index in [0.717, 1.165) is 18.5 Å². The Labute approximate surface area is 137 Å². The molecule has 2 amide bonds. The first-order valence-electron chi connectivity index (χ1n) is 7.80. The highest BCUT2D eigenvalue weighted by Crippen LogP contribution is 2.07. The predicted molar refractivity (Wildman–Crippen MR) is 88.3 cm³/mol. The molecule has 0 atom stereocenters. The molecule has 0 spiro atoms. The maximum absolute atomic E-state index is 12.9. The number of carbonyl (C=O) groups is 2. The lowest BCUT2D eigenvalue weighted by Gasteiger charge is -2.21. The van der Waals surface area contributed by atoms with E-state index < -0.39 is 0 Å². The van der Waals surface area contributed by atoms with Gasteiger partial charge in [-0.1, -0.05) is 12.1 Å². The smallest absolute Gasteiger partial charge is 0.221 e. The maximum atomic E-state index is 12.9. The summed E-state index contributed by atoms with van der Waals surface area (Å²) in [5, 5.41) is 2.85. The van der Waals surface area contributed by atoms with Crippen molar-refractivity contribution in [3.05, 3.63) is 35.6 Å². The zero-order valence-electron chi connectivity index (χ0n) is 14.1. The fourth-order valence-electron chi connectivity index (χ4n) is 2.11. The second-order valence-electron chi connectivity index (χ2n) is 5.82. The molecule has 0 heterocycles. The summed E-state index contributed by atoms with van der Waals surface area (Å²) in [7, 11) is 3.98. The first kappa shape index (κ1) is 19.1. The summed E-state index contributed by atoms with van der Waals surface area (Å²) in [5.41, 5.74) is 0.841. The van der Waals surface area contributed by atoms with E-state index in [1.54, 1.807) is 17.0 Å². The molecule has 0 aromatic heterocycles. The van der Waals surface area contributed by atoms with Crippen LogP contribution in [0.2, 0.25) is 0 Å². The molecule has 0 saturated carbocycles. The van der Waals surface area contributed by atoms with E-state index in [0.29, 0.717) is 19.6 Å². The lowest BCUT2D eigenvalue weighted by molar-refractivity contribution is -0.130. The Hall–Kier alpha value is -1.95. The number of nitrogens with zero attached hydrogens (tertiary/aromatic N) is 2. The number of amides is 2. The summed E-state index contributed by atoms with van der Waals surface area (Å²) in [5.74, 6) is -0.468. The molecule has 0 unspecified atom stereocenters. The quantitative estimate of drug-likeness (QED) is 0.703. The minimum atomic E-state index is -0.305. The van der Waals surface area contributed by atoms with Crippen molar-refractivity contribution in [3.63, 3.8) is 0 Å². The molecule has 0 fully saturated rings. The van der Waals surface area contributed by atoms with Crippen molar-refractivity contribution >= 4 is 11.8 Å². The normalized spacial score (nSPS) is 10.7. The topological polar surface area (TPSA) is 52.7 Å². The number of rotatable bonds is 9. The number of nitrogens with one attached hydrogen (secondary N) is 1. The van der Waals surface area contributed by atoms with E-state index in [2.05, 4.69) is 10.2 Å². The van der Waals surface area contributed by atoms with Gasteiger partial charge in [-0.3, -0.25) is 9.59 Å². The number of hydrogen-bond acceptors (Lipinski definition) is 3. The van der Waals surface area contributed by atoms with Crippen LogP contribution in [-0.2, 0) is 16.1 Å². The molecule has 1 aromatic rings. The summed E-state index contributed by atoms with van der Waals surface area (Å²) < 4.78 is 12.9. The van der Waals surface area contributed by atoms with Crippen LogP contribution in [0, 0.1) is 5.82 Å². The van der Waals surface area contributed by atoms with Crippen LogP contribution in [0.15, 0.2) is 24.3 Å². The van der Waals surface area contributed by atoms with Crippen molar-refractivity contribution in [1.29, 1.82) is 0 Å². The molecule has 0 aliphatic rings. The van der Waals surface area contributed by atoms with Crippen LogP contribution in [0.5, 0.6) is 0 Å². The van der Waals surface area contributed by atoms with Crippen molar-refractivity contribution in [2.45, 2.75) is 26.3 Å². The van der Waals surface area contributed by atoms with Crippen molar-refractivity contribution in [1.82, 2.24) is 15.1 Å². The first-order valence-corrected chi connectivity index (χ1v) is 7.80. The monoisotopic (exact) mass is 323 g/mol. The molecule has 1 aromatic carbocycles. The molecule has 23 heavy (non-hydrogen) atoms. The van der Waals surface area contributed by atoms with Gasteiger partial charge in [0, 0.05) is 33.0 Å². The summed E-state index contributed by atoms with van der Waals surface area (Å²) >= 11 is 0. The largest absolute Gasteiger partial charge is 0.356 e. The second kappa shape index (κ2) is 9.94. The molecule has 6 heteroatoms. The van der Waals surface area contributed by atoms with Gasteiger partial charge in [-0.2, -0.15) is 0 Å². The van der Waals surface area contributed by atoms with Gasteiger partial charge >= 0.3 is 0 Å². The standard InChI is InChI=1S/C17H26FN3O2/c1-14(22)21(13-15-5-7-16(18)8-6-15)12-9-17(23)19-10-4-11-20(2)3/h5-8H,4,9-13H2,1-3H3,(H,19,23). The fraction of sp³-hybridized carbons (Fsp3) is 0.529. The van der Waals surface area contributed by atoms with Crippen LogP contribution in [0.25, 0.3) is 0 Å². The molecule has 1 N–H and O–H groups in total. The Bertz CT molecular complexity index is 503. The van der Waals surface area contributed by atoms with Gasteiger partial charge in [0.05, 0.1) is 0 Å². The van der Waals surface area contributed by atoms with Gasteiger partial charge in [-0.25, -0.2) is 4.39 Å². The summed E-state index contributed by atoms with van der Waals surface area (Å²) in [6, 6.07) is 6.02. The molecule has 1 rings (SSSR count). The first-order chi connectivity index (χ1) is 10.9. The van der Waals surface area contributed by atoms with E-state index >= 15 is 0 Å². The van der Waals surface area contributed by atoms with Crippen LogP contribution >= 0.6 is 0 Å². The van der Waals surface area contributed by atoms with Crippen molar-refractivity contribution < 1.29 is 14.0 Å². The van der Waals surface area contributed by atoms with Crippen molar-refractivity contribution in [2.75, 3.05) is 33.7 Å². The van der Waals surface area contributed by atoms with Gasteiger partial charge in [-0.05, 0) is 44.8 Å². The Morgan fingerprint density at radius 3 is 2.35 bits per heavy atom. The second-order valence-corrected chi connectivity index (χ2v) is 5.82. The van der Waals surface area contributed by atoms with Crippen molar-refractivity contribution in [3.8, 4) is 0 Å².